The standard InChI is InChI=1S/C10H13NO3/c1-14-9-7-5-3-2-4-6(7)8(11-9)10(12)13/h11H,2-5H2,1H3,(H,12,13). The highest BCUT2D eigenvalue weighted by Crippen LogP contribution is 2.31. The Kier molecular flexibility index (Phi) is 2.19. The molecule has 0 spiro atoms. The van der Waals surface area contributed by atoms with Crippen molar-refractivity contribution in [1.29, 1.82) is 0 Å². The first kappa shape index (κ1) is 9.12. The average molecular weight is 195 g/mol. The maximum Gasteiger partial charge on any atom is 0.352 e. The molecule has 0 aliphatic heterocycles. The molecule has 0 saturated carbocycles. The number of aromatic amines is 1. The summed E-state index contributed by atoms with van der Waals surface area (Å²) in [6.07, 6.45) is 3.94. The minimum absolute atomic E-state index is 0.302. The van der Waals surface area contributed by atoms with E-state index in [9.17, 15) is 4.79 Å². The fraction of sp³-hybridized carbons (Fsp3) is 0.500. The van der Waals surface area contributed by atoms with E-state index in [1.54, 1.807) is 7.11 Å². The van der Waals surface area contributed by atoms with E-state index in [-0.39, 0.29) is 0 Å². The first-order chi connectivity index (χ1) is 6.74. The fourth-order valence-corrected chi connectivity index (χ4v) is 2.05. The number of H-pyrrole nitrogens is 1. The molecule has 1 aliphatic carbocycles. The van der Waals surface area contributed by atoms with Crippen molar-refractivity contribution in [3.05, 3.63) is 16.8 Å². The lowest BCUT2D eigenvalue weighted by Crippen LogP contribution is -2.06. The predicted molar refractivity (Wildman–Crippen MR) is 50.9 cm³/mol. The van der Waals surface area contributed by atoms with Crippen LogP contribution in [-0.2, 0) is 12.8 Å². The molecule has 1 aromatic rings. The lowest BCUT2D eigenvalue weighted by Gasteiger charge is -2.11. The third-order valence-electron chi connectivity index (χ3n) is 2.70. The van der Waals surface area contributed by atoms with E-state index in [4.69, 9.17) is 9.84 Å². The largest absolute Gasteiger partial charge is 0.482 e. The molecule has 0 unspecified atom stereocenters. The van der Waals surface area contributed by atoms with Crippen LogP contribution in [0.4, 0.5) is 0 Å². The number of carboxylic acid groups (broad SMARTS) is 1. The van der Waals surface area contributed by atoms with E-state index in [0.717, 1.165) is 36.8 Å². The van der Waals surface area contributed by atoms with Gasteiger partial charge in [-0.15, -0.1) is 0 Å². The summed E-state index contributed by atoms with van der Waals surface area (Å²) in [5.74, 6) is -0.274. The third-order valence-corrected chi connectivity index (χ3v) is 2.70. The average Bonchev–Trinajstić information content (AvgIpc) is 2.56. The summed E-state index contributed by atoms with van der Waals surface area (Å²) in [6.45, 7) is 0. The maximum atomic E-state index is 10.9. The second-order valence-electron chi connectivity index (χ2n) is 3.50. The Morgan fingerprint density at radius 1 is 1.36 bits per heavy atom. The van der Waals surface area contributed by atoms with Gasteiger partial charge in [0.05, 0.1) is 7.11 Å². The van der Waals surface area contributed by atoms with Crippen LogP contribution in [0.2, 0.25) is 0 Å². The molecule has 1 aliphatic rings. The normalized spacial score (nSPS) is 14.9. The molecule has 4 nitrogen and oxygen atoms in total. The molecule has 0 bridgehead atoms. The monoisotopic (exact) mass is 195 g/mol. The smallest absolute Gasteiger partial charge is 0.352 e. The van der Waals surface area contributed by atoms with Crippen LogP contribution in [0.3, 0.4) is 0 Å². The Morgan fingerprint density at radius 3 is 2.57 bits per heavy atom. The molecular formula is C10H13NO3. The van der Waals surface area contributed by atoms with Crippen molar-refractivity contribution in [3.8, 4) is 5.88 Å². The van der Waals surface area contributed by atoms with Gasteiger partial charge < -0.3 is 14.8 Å². The van der Waals surface area contributed by atoms with Crippen LogP contribution in [0, 0.1) is 0 Å². The number of aromatic nitrogens is 1. The van der Waals surface area contributed by atoms with Crippen LogP contribution in [-0.4, -0.2) is 23.2 Å². The highest BCUT2D eigenvalue weighted by atomic mass is 16.5. The molecule has 0 atom stereocenters. The zero-order valence-corrected chi connectivity index (χ0v) is 8.09. The molecule has 14 heavy (non-hydrogen) atoms. The van der Waals surface area contributed by atoms with Crippen molar-refractivity contribution in [3.63, 3.8) is 0 Å². The zero-order chi connectivity index (χ0) is 10.1. The number of nitrogens with one attached hydrogen (secondary N) is 1. The van der Waals surface area contributed by atoms with E-state index in [1.807, 2.05) is 0 Å². The first-order valence-electron chi connectivity index (χ1n) is 4.75. The van der Waals surface area contributed by atoms with Crippen LogP contribution < -0.4 is 4.74 Å². The summed E-state index contributed by atoms with van der Waals surface area (Å²) in [5.41, 5.74) is 2.29. The summed E-state index contributed by atoms with van der Waals surface area (Å²) in [5, 5.41) is 8.96. The topological polar surface area (TPSA) is 62.3 Å². The van der Waals surface area contributed by atoms with E-state index >= 15 is 0 Å². The van der Waals surface area contributed by atoms with Gasteiger partial charge in [-0.05, 0) is 31.2 Å². The Hall–Kier alpha value is -1.45. The predicted octanol–water partition coefficient (Wildman–Crippen LogP) is 1.60. The van der Waals surface area contributed by atoms with Gasteiger partial charge in [-0.3, -0.25) is 0 Å². The quantitative estimate of drug-likeness (QED) is 0.753. The van der Waals surface area contributed by atoms with E-state index in [2.05, 4.69) is 4.98 Å². The zero-order valence-electron chi connectivity index (χ0n) is 8.09. The van der Waals surface area contributed by atoms with Gasteiger partial charge in [0.1, 0.15) is 5.69 Å². The number of methoxy groups -OCH3 is 1. The summed E-state index contributed by atoms with van der Waals surface area (Å²) in [7, 11) is 1.56. The summed E-state index contributed by atoms with van der Waals surface area (Å²) >= 11 is 0. The van der Waals surface area contributed by atoms with Crippen molar-refractivity contribution in [1.82, 2.24) is 4.98 Å². The maximum absolute atomic E-state index is 10.9. The number of fused-ring (bicyclic) bond motifs is 1. The van der Waals surface area contributed by atoms with Gasteiger partial charge >= 0.3 is 5.97 Å². The molecule has 2 N–H and O–H groups in total. The van der Waals surface area contributed by atoms with E-state index in [0.29, 0.717) is 11.6 Å². The summed E-state index contributed by atoms with van der Waals surface area (Å²) in [6, 6.07) is 0. The van der Waals surface area contributed by atoms with E-state index < -0.39 is 5.97 Å². The molecule has 0 radical (unpaired) electrons. The Balaban J connectivity index is 2.52. The molecule has 0 amide bonds. The van der Waals surface area contributed by atoms with Crippen LogP contribution in [0.25, 0.3) is 0 Å². The summed E-state index contributed by atoms with van der Waals surface area (Å²) in [4.78, 5) is 13.7. The van der Waals surface area contributed by atoms with Crippen LogP contribution in [0.5, 0.6) is 5.88 Å². The molecule has 76 valence electrons. The lowest BCUT2D eigenvalue weighted by atomic mass is 9.93. The number of carbonyl (C=O) groups is 1. The van der Waals surface area contributed by atoms with Crippen molar-refractivity contribution in [2.24, 2.45) is 0 Å². The highest BCUT2D eigenvalue weighted by molar-refractivity contribution is 5.88. The third kappa shape index (κ3) is 1.27. The molecule has 0 saturated heterocycles. The number of carboxylic acids is 1. The van der Waals surface area contributed by atoms with Crippen molar-refractivity contribution in [2.75, 3.05) is 7.11 Å². The van der Waals surface area contributed by atoms with Gasteiger partial charge in [-0.1, -0.05) is 0 Å². The fourth-order valence-electron chi connectivity index (χ4n) is 2.05. The van der Waals surface area contributed by atoms with Gasteiger partial charge in [0.15, 0.2) is 5.88 Å². The molecule has 1 heterocycles. The Labute approximate surface area is 81.9 Å². The molecule has 0 fully saturated rings. The Bertz CT molecular complexity index is 368. The van der Waals surface area contributed by atoms with Crippen LogP contribution in [0.1, 0.15) is 34.5 Å². The van der Waals surface area contributed by atoms with E-state index in [1.165, 1.54) is 0 Å². The van der Waals surface area contributed by atoms with Gasteiger partial charge in [0, 0.05) is 5.56 Å². The lowest BCUT2D eigenvalue weighted by molar-refractivity contribution is 0.0689. The van der Waals surface area contributed by atoms with Gasteiger partial charge in [0.25, 0.3) is 0 Å². The molecule has 0 aromatic carbocycles. The molecular weight excluding hydrogens is 182 g/mol. The summed E-state index contributed by atoms with van der Waals surface area (Å²) < 4.78 is 5.12. The number of hydrogen-bond acceptors (Lipinski definition) is 2. The molecule has 1 aromatic heterocycles. The Morgan fingerprint density at radius 2 is 2.00 bits per heavy atom. The number of hydrogen-bond donors (Lipinski definition) is 2. The van der Waals surface area contributed by atoms with Crippen LogP contribution in [0.15, 0.2) is 0 Å². The molecule has 4 heteroatoms. The minimum atomic E-state index is -0.897. The van der Waals surface area contributed by atoms with Crippen molar-refractivity contribution < 1.29 is 14.6 Å². The van der Waals surface area contributed by atoms with Gasteiger partial charge in [-0.2, -0.15) is 0 Å². The van der Waals surface area contributed by atoms with Crippen LogP contribution >= 0.6 is 0 Å². The SMILES string of the molecule is COc1[nH]c(C(=O)O)c2c1CCCC2. The first-order valence-corrected chi connectivity index (χ1v) is 4.75. The van der Waals surface area contributed by atoms with Crippen molar-refractivity contribution >= 4 is 5.97 Å². The number of rotatable bonds is 2. The second-order valence-corrected chi connectivity index (χ2v) is 3.50. The minimum Gasteiger partial charge on any atom is -0.482 e. The number of ether oxygens (including phenoxy) is 1. The molecule has 2 rings (SSSR count). The highest BCUT2D eigenvalue weighted by Gasteiger charge is 2.24. The number of aromatic carboxylic acids is 1. The van der Waals surface area contributed by atoms with Crippen molar-refractivity contribution in [2.45, 2.75) is 25.7 Å². The van der Waals surface area contributed by atoms with Gasteiger partial charge in [-0.25, -0.2) is 4.79 Å². The second kappa shape index (κ2) is 3.36. The van der Waals surface area contributed by atoms with Gasteiger partial charge in [0.2, 0.25) is 0 Å².